The lowest BCUT2D eigenvalue weighted by Gasteiger charge is -2.02. The van der Waals surface area contributed by atoms with Gasteiger partial charge in [-0.1, -0.05) is 44.1 Å². The smallest absolute Gasteiger partial charge is 0.139 e. The second-order valence-corrected chi connectivity index (χ2v) is 5.56. The van der Waals surface area contributed by atoms with Gasteiger partial charge < -0.3 is 0 Å². The molecule has 0 unspecified atom stereocenters. The van der Waals surface area contributed by atoms with Crippen LogP contribution in [-0.2, 0) is 6.42 Å². The van der Waals surface area contributed by atoms with Crippen molar-refractivity contribution in [2.75, 3.05) is 0 Å². The lowest BCUT2D eigenvalue weighted by Crippen LogP contribution is -1.90. The van der Waals surface area contributed by atoms with Crippen molar-refractivity contribution in [1.82, 2.24) is 0 Å². The van der Waals surface area contributed by atoms with Gasteiger partial charge in [0, 0.05) is 5.56 Å². The predicted octanol–water partition coefficient (Wildman–Crippen LogP) is 5.22. The van der Waals surface area contributed by atoms with Gasteiger partial charge in [0.2, 0.25) is 0 Å². The summed E-state index contributed by atoms with van der Waals surface area (Å²) in [5.74, 6) is 5.53. The molecule has 1 nitrogen and oxygen atoms in total. The lowest BCUT2D eigenvalue weighted by atomic mass is 10.0. The van der Waals surface area contributed by atoms with Crippen LogP contribution in [-0.4, -0.2) is 0 Å². The molecule has 0 aliphatic rings. The molecule has 0 atom stereocenters. The minimum absolute atomic E-state index is 0.265. The van der Waals surface area contributed by atoms with Crippen molar-refractivity contribution in [1.29, 1.82) is 5.26 Å². The highest BCUT2D eigenvalue weighted by molar-refractivity contribution is 5.45. The van der Waals surface area contributed by atoms with Crippen LogP contribution in [0.3, 0.4) is 0 Å². The zero-order valence-electron chi connectivity index (χ0n) is 13.4. The van der Waals surface area contributed by atoms with Crippen LogP contribution in [0.15, 0.2) is 42.5 Å². The Balaban J connectivity index is 2.03. The quantitative estimate of drug-likeness (QED) is 0.549. The number of hydrogen-bond donors (Lipinski definition) is 0. The number of hydrogen-bond acceptors (Lipinski definition) is 1. The number of benzene rings is 2. The van der Waals surface area contributed by atoms with E-state index in [4.69, 9.17) is 5.26 Å². The summed E-state index contributed by atoms with van der Waals surface area (Å²) < 4.78 is 14.1. The molecule has 0 spiro atoms. The molecule has 2 aromatic rings. The van der Waals surface area contributed by atoms with Crippen molar-refractivity contribution in [2.24, 2.45) is 0 Å². The van der Waals surface area contributed by atoms with Gasteiger partial charge in [0.1, 0.15) is 5.82 Å². The molecule has 2 heteroatoms. The lowest BCUT2D eigenvalue weighted by molar-refractivity contribution is 0.618. The Kier molecular flexibility index (Phi) is 6.40. The molecule has 0 bridgehead atoms. The first-order valence-electron chi connectivity index (χ1n) is 8.03. The van der Waals surface area contributed by atoms with E-state index in [9.17, 15) is 4.39 Å². The molecule has 0 aromatic heterocycles. The first-order chi connectivity index (χ1) is 11.2. The standard InChI is InChI=1S/C21H20FN/c1-2-3-4-5-6-18-12-14-20(21(22)15-18)13-11-17-7-9-19(16-23)10-8-17/h7-10,12,14-15H,2-6H2,1H3. The molecule has 2 rings (SSSR count). The van der Waals surface area contributed by atoms with E-state index in [0.717, 1.165) is 24.0 Å². The van der Waals surface area contributed by atoms with Gasteiger partial charge in [-0.15, -0.1) is 0 Å². The third kappa shape index (κ3) is 5.28. The maximum atomic E-state index is 14.1. The van der Waals surface area contributed by atoms with Gasteiger partial charge in [0.05, 0.1) is 17.2 Å². The topological polar surface area (TPSA) is 23.8 Å². The number of aryl methyl sites for hydroxylation is 1. The number of nitriles is 1. The van der Waals surface area contributed by atoms with Crippen LogP contribution in [0.1, 0.15) is 54.9 Å². The molecule has 0 saturated carbocycles. The molecule has 116 valence electrons. The van der Waals surface area contributed by atoms with E-state index in [1.54, 1.807) is 36.4 Å². The molecule has 0 saturated heterocycles. The summed E-state index contributed by atoms with van der Waals surface area (Å²) in [4.78, 5) is 0. The minimum atomic E-state index is -0.265. The van der Waals surface area contributed by atoms with E-state index in [1.165, 1.54) is 19.3 Å². The largest absolute Gasteiger partial charge is 0.206 e. The highest BCUT2D eigenvalue weighted by Gasteiger charge is 2.01. The Hall–Kier alpha value is -2.58. The van der Waals surface area contributed by atoms with E-state index in [0.29, 0.717) is 11.1 Å². The van der Waals surface area contributed by atoms with Crippen LogP contribution in [0.4, 0.5) is 4.39 Å². The molecule has 23 heavy (non-hydrogen) atoms. The Bertz CT molecular complexity index is 742. The molecule has 2 aromatic carbocycles. The second-order valence-electron chi connectivity index (χ2n) is 5.56. The average molecular weight is 305 g/mol. The first kappa shape index (κ1) is 16.8. The Morgan fingerprint density at radius 2 is 1.65 bits per heavy atom. The van der Waals surface area contributed by atoms with Crippen molar-refractivity contribution in [3.63, 3.8) is 0 Å². The van der Waals surface area contributed by atoms with Gasteiger partial charge in [-0.3, -0.25) is 0 Å². The normalized spacial score (nSPS) is 9.78. The summed E-state index contributed by atoms with van der Waals surface area (Å²) in [6.45, 7) is 2.18. The van der Waals surface area contributed by atoms with Crippen molar-refractivity contribution >= 4 is 0 Å². The third-order valence-electron chi connectivity index (χ3n) is 3.71. The van der Waals surface area contributed by atoms with Gasteiger partial charge in [-0.25, -0.2) is 4.39 Å². The molecule has 0 amide bonds. The van der Waals surface area contributed by atoms with E-state index < -0.39 is 0 Å². The summed E-state index contributed by atoms with van der Waals surface area (Å²) in [5.41, 5.74) is 2.80. The van der Waals surface area contributed by atoms with Crippen molar-refractivity contribution in [3.8, 4) is 17.9 Å². The van der Waals surface area contributed by atoms with Gasteiger partial charge in [-0.2, -0.15) is 5.26 Å². The number of unbranched alkanes of at least 4 members (excludes halogenated alkanes) is 3. The van der Waals surface area contributed by atoms with Crippen LogP contribution >= 0.6 is 0 Å². The molecule has 0 heterocycles. The fraction of sp³-hybridized carbons (Fsp3) is 0.286. The van der Waals surface area contributed by atoms with E-state index in [2.05, 4.69) is 24.8 Å². The molecule has 0 aliphatic carbocycles. The van der Waals surface area contributed by atoms with Crippen LogP contribution in [0, 0.1) is 29.0 Å². The zero-order valence-corrected chi connectivity index (χ0v) is 13.4. The van der Waals surface area contributed by atoms with Crippen LogP contribution in [0.25, 0.3) is 0 Å². The van der Waals surface area contributed by atoms with E-state index in [-0.39, 0.29) is 5.82 Å². The highest BCUT2D eigenvalue weighted by Crippen LogP contribution is 2.13. The minimum Gasteiger partial charge on any atom is -0.206 e. The Morgan fingerprint density at radius 1 is 0.913 bits per heavy atom. The number of nitrogens with zero attached hydrogens (tertiary/aromatic N) is 1. The second kappa shape index (κ2) is 8.76. The monoisotopic (exact) mass is 305 g/mol. The number of halogens is 1. The van der Waals surface area contributed by atoms with E-state index >= 15 is 0 Å². The number of rotatable bonds is 5. The summed E-state index contributed by atoms with van der Waals surface area (Å²) in [6.07, 6.45) is 5.65. The highest BCUT2D eigenvalue weighted by atomic mass is 19.1. The summed E-state index contributed by atoms with van der Waals surface area (Å²) in [5, 5.41) is 8.75. The van der Waals surface area contributed by atoms with Gasteiger partial charge in [0.25, 0.3) is 0 Å². The molecular weight excluding hydrogens is 285 g/mol. The van der Waals surface area contributed by atoms with Crippen LogP contribution in [0.5, 0.6) is 0 Å². The fourth-order valence-electron chi connectivity index (χ4n) is 2.34. The zero-order chi connectivity index (χ0) is 16.5. The molecule has 0 fully saturated rings. The molecular formula is C21H20FN. The van der Waals surface area contributed by atoms with Gasteiger partial charge in [-0.05, 0) is 54.8 Å². The SMILES string of the molecule is CCCCCCc1ccc(C#Cc2ccc(C#N)cc2)c(F)c1. The summed E-state index contributed by atoms with van der Waals surface area (Å²) >= 11 is 0. The van der Waals surface area contributed by atoms with Crippen LogP contribution < -0.4 is 0 Å². The molecule has 0 radical (unpaired) electrons. The Labute approximate surface area is 137 Å². The maximum absolute atomic E-state index is 14.1. The fourth-order valence-corrected chi connectivity index (χ4v) is 2.34. The van der Waals surface area contributed by atoms with Gasteiger partial charge in [0.15, 0.2) is 0 Å². The average Bonchev–Trinajstić information content (AvgIpc) is 2.58. The van der Waals surface area contributed by atoms with E-state index in [1.807, 2.05) is 6.07 Å². The predicted molar refractivity (Wildman–Crippen MR) is 91.4 cm³/mol. The molecule has 0 N–H and O–H groups in total. The third-order valence-corrected chi connectivity index (χ3v) is 3.71. The molecule has 0 aliphatic heterocycles. The summed E-state index contributed by atoms with van der Waals surface area (Å²) in [7, 11) is 0. The summed E-state index contributed by atoms with van der Waals surface area (Å²) in [6, 6.07) is 14.3. The Morgan fingerprint density at radius 3 is 2.30 bits per heavy atom. The van der Waals surface area contributed by atoms with Crippen molar-refractivity contribution in [2.45, 2.75) is 39.0 Å². The first-order valence-corrected chi connectivity index (χ1v) is 8.03. The van der Waals surface area contributed by atoms with Gasteiger partial charge >= 0.3 is 0 Å². The van der Waals surface area contributed by atoms with Crippen molar-refractivity contribution < 1.29 is 4.39 Å². The maximum Gasteiger partial charge on any atom is 0.139 e. The van der Waals surface area contributed by atoms with Crippen LogP contribution in [0.2, 0.25) is 0 Å². The van der Waals surface area contributed by atoms with Crippen molar-refractivity contribution in [3.05, 3.63) is 70.5 Å².